The number of aliphatic carboxylic acids is 1. The van der Waals surface area contributed by atoms with Crippen molar-refractivity contribution in [2.75, 3.05) is 6.61 Å². The van der Waals surface area contributed by atoms with Gasteiger partial charge in [0.05, 0.1) is 6.61 Å². The summed E-state index contributed by atoms with van der Waals surface area (Å²) in [5, 5.41) is 8.32. The second-order valence-corrected chi connectivity index (χ2v) is 3.06. The van der Waals surface area contributed by atoms with E-state index in [-0.39, 0.29) is 6.10 Å². The molecule has 0 amide bonds. The van der Waals surface area contributed by atoms with E-state index in [2.05, 4.69) is 0 Å². The molecule has 1 rings (SSSR count). The minimum atomic E-state index is -0.969. The van der Waals surface area contributed by atoms with E-state index in [9.17, 15) is 4.79 Å². The number of hydrogen-bond donors (Lipinski definition) is 1. The maximum atomic E-state index is 10.1. The zero-order valence-electron chi connectivity index (χ0n) is 7.11. The van der Waals surface area contributed by atoms with Crippen LogP contribution in [0.1, 0.15) is 13.8 Å². The molecule has 68 valence electrons. The summed E-state index contributed by atoms with van der Waals surface area (Å²) < 4.78 is 10.5. The van der Waals surface area contributed by atoms with E-state index in [0.717, 1.165) is 6.08 Å². The summed E-state index contributed by atoms with van der Waals surface area (Å²) in [5.41, 5.74) is 0. The highest BCUT2D eigenvalue weighted by molar-refractivity contribution is 5.79. The minimum Gasteiger partial charge on any atom is -0.478 e. The average Bonchev–Trinajstić information content (AvgIpc) is 2.26. The van der Waals surface area contributed by atoms with Gasteiger partial charge >= 0.3 is 5.97 Å². The molecule has 1 aliphatic heterocycles. The Morgan fingerprint density at radius 3 is 2.75 bits per heavy atom. The lowest BCUT2D eigenvalue weighted by molar-refractivity contribution is -0.134. The van der Waals surface area contributed by atoms with E-state index in [0.29, 0.717) is 6.61 Å². The van der Waals surface area contributed by atoms with Gasteiger partial charge in [-0.3, -0.25) is 0 Å². The second-order valence-electron chi connectivity index (χ2n) is 3.06. The predicted molar refractivity (Wildman–Crippen MR) is 41.7 cm³/mol. The third kappa shape index (κ3) is 2.64. The number of carbonyl (C=O) groups is 1. The van der Waals surface area contributed by atoms with Crippen molar-refractivity contribution < 1.29 is 19.4 Å². The number of carboxylic acid groups (broad SMARTS) is 1. The predicted octanol–water partition coefficient (Wildman–Crippen LogP) is 0.779. The Bertz CT molecular complexity index is 207. The smallest absolute Gasteiger partial charge is 0.328 e. The van der Waals surface area contributed by atoms with Crippen molar-refractivity contribution in [3.8, 4) is 0 Å². The van der Waals surface area contributed by atoms with Crippen LogP contribution in [0, 0.1) is 0 Å². The van der Waals surface area contributed by atoms with Gasteiger partial charge in [-0.05, 0) is 19.9 Å². The molecule has 1 N–H and O–H groups in total. The minimum absolute atomic E-state index is 0.240. The first-order valence-electron chi connectivity index (χ1n) is 3.72. The lowest BCUT2D eigenvalue weighted by Gasteiger charge is -2.15. The number of rotatable bonds is 2. The molecule has 0 saturated carbocycles. The molecule has 1 atom stereocenters. The van der Waals surface area contributed by atoms with Gasteiger partial charge in [0.25, 0.3) is 0 Å². The maximum absolute atomic E-state index is 10.1. The van der Waals surface area contributed by atoms with Crippen LogP contribution < -0.4 is 0 Å². The highest BCUT2D eigenvalue weighted by atomic mass is 16.7. The Hall–Kier alpha value is -0.870. The van der Waals surface area contributed by atoms with Crippen LogP contribution in [0.4, 0.5) is 0 Å². The van der Waals surface area contributed by atoms with Crippen LogP contribution in [-0.2, 0) is 14.3 Å². The van der Waals surface area contributed by atoms with Crippen molar-refractivity contribution in [3.63, 3.8) is 0 Å². The fourth-order valence-electron chi connectivity index (χ4n) is 1.000. The molecular weight excluding hydrogens is 160 g/mol. The fourth-order valence-corrected chi connectivity index (χ4v) is 1.000. The second kappa shape index (κ2) is 3.25. The zero-order chi connectivity index (χ0) is 9.19. The van der Waals surface area contributed by atoms with Crippen molar-refractivity contribution in [2.45, 2.75) is 25.7 Å². The first kappa shape index (κ1) is 9.22. The first-order valence-corrected chi connectivity index (χ1v) is 3.72. The number of ether oxygens (including phenoxy) is 2. The standard InChI is InChI=1S/C8H12O4/c1-8(2)11-5-6(12-8)3-4-7(9)10/h3-4,6H,5H2,1-2H3,(H,9,10)/b4-3-. The van der Waals surface area contributed by atoms with Crippen molar-refractivity contribution >= 4 is 5.97 Å². The van der Waals surface area contributed by atoms with Crippen LogP contribution in [0.15, 0.2) is 12.2 Å². The van der Waals surface area contributed by atoms with E-state index in [1.54, 1.807) is 13.8 Å². The zero-order valence-corrected chi connectivity index (χ0v) is 7.11. The van der Waals surface area contributed by atoms with Crippen molar-refractivity contribution in [1.82, 2.24) is 0 Å². The molecular formula is C8H12O4. The van der Waals surface area contributed by atoms with Gasteiger partial charge in [0.15, 0.2) is 5.79 Å². The summed E-state index contributed by atoms with van der Waals surface area (Å²) in [6.45, 7) is 4.00. The van der Waals surface area contributed by atoms with E-state index >= 15 is 0 Å². The average molecular weight is 172 g/mol. The normalized spacial score (nSPS) is 28.0. The van der Waals surface area contributed by atoms with E-state index in [1.807, 2.05) is 0 Å². The van der Waals surface area contributed by atoms with Crippen molar-refractivity contribution in [2.24, 2.45) is 0 Å². The molecule has 0 aromatic heterocycles. The molecule has 0 radical (unpaired) electrons. The topological polar surface area (TPSA) is 55.8 Å². The molecule has 1 heterocycles. The quantitative estimate of drug-likeness (QED) is 0.625. The van der Waals surface area contributed by atoms with E-state index in [4.69, 9.17) is 14.6 Å². The lowest BCUT2D eigenvalue weighted by Crippen LogP contribution is -2.20. The van der Waals surface area contributed by atoms with Gasteiger partial charge in [-0.15, -0.1) is 0 Å². The van der Waals surface area contributed by atoms with Crippen LogP contribution in [0.2, 0.25) is 0 Å². The van der Waals surface area contributed by atoms with Gasteiger partial charge in [0, 0.05) is 6.08 Å². The molecule has 4 nitrogen and oxygen atoms in total. The van der Waals surface area contributed by atoms with E-state index in [1.165, 1.54) is 6.08 Å². The molecule has 0 bridgehead atoms. The lowest BCUT2D eigenvalue weighted by atomic mass is 10.3. The molecule has 1 saturated heterocycles. The molecule has 0 aromatic carbocycles. The van der Waals surface area contributed by atoms with Crippen LogP contribution in [-0.4, -0.2) is 29.6 Å². The van der Waals surface area contributed by atoms with Gasteiger partial charge in [-0.25, -0.2) is 4.79 Å². The van der Waals surface area contributed by atoms with Crippen molar-refractivity contribution in [1.29, 1.82) is 0 Å². The Labute approximate surface area is 70.8 Å². The van der Waals surface area contributed by atoms with Crippen LogP contribution in [0.25, 0.3) is 0 Å². The molecule has 1 aliphatic rings. The van der Waals surface area contributed by atoms with Crippen LogP contribution >= 0.6 is 0 Å². The third-order valence-corrected chi connectivity index (χ3v) is 1.48. The third-order valence-electron chi connectivity index (χ3n) is 1.48. The monoisotopic (exact) mass is 172 g/mol. The van der Waals surface area contributed by atoms with Gasteiger partial charge in [-0.1, -0.05) is 0 Å². The summed E-state index contributed by atoms with van der Waals surface area (Å²) >= 11 is 0. The molecule has 4 heteroatoms. The molecule has 0 aliphatic carbocycles. The summed E-state index contributed by atoms with van der Waals surface area (Å²) in [4.78, 5) is 10.1. The Balaban J connectivity index is 2.43. The van der Waals surface area contributed by atoms with Gasteiger partial charge in [0.2, 0.25) is 0 Å². The SMILES string of the molecule is CC1(C)OCC(/C=C\C(=O)O)O1. The molecule has 1 unspecified atom stereocenters. The molecule has 1 fully saturated rings. The highest BCUT2D eigenvalue weighted by Gasteiger charge is 2.30. The molecule has 12 heavy (non-hydrogen) atoms. The van der Waals surface area contributed by atoms with Crippen LogP contribution in [0.3, 0.4) is 0 Å². The summed E-state index contributed by atoms with van der Waals surface area (Å²) in [6, 6.07) is 0. The number of hydrogen-bond acceptors (Lipinski definition) is 3. The van der Waals surface area contributed by atoms with Crippen LogP contribution in [0.5, 0.6) is 0 Å². The van der Waals surface area contributed by atoms with E-state index < -0.39 is 11.8 Å². The summed E-state index contributed by atoms with van der Waals surface area (Å²) in [7, 11) is 0. The maximum Gasteiger partial charge on any atom is 0.328 e. The highest BCUT2D eigenvalue weighted by Crippen LogP contribution is 2.22. The Kier molecular flexibility index (Phi) is 2.49. The summed E-state index contributed by atoms with van der Waals surface area (Å²) in [5.74, 6) is -1.56. The van der Waals surface area contributed by atoms with Gasteiger partial charge in [0.1, 0.15) is 6.10 Å². The van der Waals surface area contributed by atoms with Crippen molar-refractivity contribution in [3.05, 3.63) is 12.2 Å². The first-order chi connectivity index (χ1) is 5.49. The molecule has 0 spiro atoms. The fraction of sp³-hybridized carbons (Fsp3) is 0.625. The largest absolute Gasteiger partial charge is 0.478 e. The Morgan fingerprint density at radius 1 is 1.67 bits per heavy atom. The Morgan fingerprint density at radius 2 is 2.33 bits per heavy atom. The van der Waals surface area contributed by atoms with Gasteiger partial charge in [-0.2, -0.15) is 0 Å². The summed E-state index contributed by atoms with van der Waals surface area (Å²) in [6.07, 6.45) is 2.31. The number of carboxylic acids is 1. The molecule has 0 aromatic rings. The van der Waals surface area contributed by atoms with Gasteiger partial charge < -0.3 is 14.6 Å².